The summed E-state index contributed by atoms with van der Waals surface area (Å²) in [5.74, 6) is 0.176. The van der Waals surface area contributed by atoms with Gasteiger partial charge in [0.1, 0.15) is 11.6 Å². The van der Waals surface area contributed by atoms with E-state index in [1.54, 1.807) is 6.92 Å². The summed E-state index contributed by atoms with van der Waals surface area (Å²) >= 11 is 0. The molecule has 14 heavy (non-hydrogen) atoms. The third-order valence-electron chi connectivity index (χ3n) is 0.785. The lowest BCUT2D eigenvalue weighted by Crippen LogP contribution is -1.88. The van der Waals surface area contributed by atoms with E-state index in [1.165, 1.54) is 27.9 Å². The summed E-state index contributed by atoms with van der Waals surface area (Å²) in [5.41, 5.74) is 0. The van der Waals surface area contributed by atoms with Crippen LogP contribution in [0.25, 0.3) is 0 Å². The molecule has 0 saturated carbocycles. The molecule has 0 unspecified atom stereocenters. The second-order valence-electron chi connectivity index (χ2n) is 2.66. The van der Waals surface area contributed by atoms with Gasteiger partial charge in [-0.05, 0) is 20.8 Å². The highest BCUT2D eigenvalue weighted by atomic mass is 16.5. The van der Waals surface area contributed by atoms with Crippen LogP contribution < -0.4 is 0 Å². The van der Waals surface area contributed by atoms with E-state index in [0.29, 0.717) is 6.42 Å². The molecule has 0 saturated heterocycles. The second kappa shape index (κ2) is 14.3. The molecule has 84 valence electrons. The minimum atomic E-state index is -0.245. The molecule has 0 radical (unpaired) electrons. The third kappa shape index (κ3) is 132. The summed E-state index contributed by atoms with van der Waals surface area (Å²) in [6, 6.07) is 0. The van der Waals surface area contributed by atoms with Crippen molar-refractivity contribution in [1.82, 2.24) is 0 Å². The Balaban J connectivity index is -0.000000131. The lowest BCUT2D eigenvalue weighted by atomic mass is 10.4. The van der Waals surface area contributed by atoms with Gasteiger partial charge in [-0.1, -0.05) is 6.92 Å². The number of carbonyl (C=O) groups is 3. The summed E-state index contributed by atoms with van der Waals surface area (Å²) in [5, 5.41) is 0. The molecule has 0 aliphatic rings. The Labute approximate surface area is 85.6 Å². The number of hydrogen-bond donors (Lipinski definition) is 0. The average Bonchev–Trinajstić information content (AvgIpc) is 2.04. The molecule has 0 bridgehead atoms. The van der Waals surface area contributed by atoms with Gasteiger partial charge < -0.3 is 14.3 Å². The normalized spacial score (nSPS) is 7.00. The fourth-order valence-corrected chi connectivity index (χ4v) is 0. The van der Waals surface area contributed by atoms with Gasteiger partial charge in [-0.2, -0.15) is 0 Å². The van der Waals surface area contributed by atoms with Crippen LogP contribution in [-0.4, -0.2) is 24.6 Å². The Morgan fingerprint density at radius 1 is 1.00 bits per heavy atom. The van der Waals surface area contributed by atoms with Crippen molar-refractivity contribution < 1.29 is 19.1 Å². The van der Waals surface area contributed by atoms with Crippen LogP contribution in [-0.2, 0) is 19.1 Å². The van der Waals surface area contributed by atoms with Crippen molar-refractivity contribution in [3.8, 4) is 0 Å². The summed E-state index contributed by atoms with van der Waals surface area (Å²) in [6.07, 6.45) is 0.667. The molecule has 0 heterocycles. The van der Waals surface area contributed by atoms with Crippen LogP contribution in [0.1, 0.15) is 41.0 Å². The van der Waals surface area contributed by atoms with Crippen LogP contribution in [0.2, 0.25) is 0 Å². The molecule has 0 aromatic rings. The first kappa shape index (κ1) is 18.6. The molecule has 0 spiro atoms. The topological polar surface area (TPSA) is 60.4 Å². The maximum atomic E-state index is 9.81. The largest absolute Gasteiger partial charge is 0.469 e. The highest BCUT2D eigenvalue weighted by molar-refractivity contribution is 5.74. The number of ketones is 2. The molecule has 0 amide bonds. The van der Waals surface area contributed by atoms with Crippen molar-refractivity contribution in [2.75, 3.05) is 7.11 Å². The Kier molecular flexibility index (Phi) is 19.0. The first-order valence-corrected chi connectivity index (χ1v) is 4.29. The van der Waals surface area contributed by atoms with Gasteiger partial charge in [-0.3, -0.25) is 4.79 Å². The van der Waals surface area contributed by atoms with E-state index < -0.39 is 0 Å². The zero-order chi connectivity index (χ0) is 12.1. The van der Waals surface area contributed by atoms with E-state index >= 15 is 0 Å². The maximum absolute atomic E-state index is 9.81. The van der Waals surface area contributed by atoms with Crippen LogP contribution >= 0.6 is 0 Å². The van der Waals surface area contributed by atoms with E-state index in [4.69, 9.17) is 0 Å². The number of ether oxygens (including phenoxy) is 1. The summed E-state index contributed by atoms with van der Waals surface area (Å²) in [4.78, 5) is 28.8. The van der Waals surface area contributed by atoms with Gasteiger partial charge in [0.05, 0.1) is 7.11 Å². The van der Waals surface area contributed by atoms with Crippen LogP contribution in [0.4, 0.5) is 0 Å². The Morgan fingerprint density at radius 2 is 1.14 bits per heavy atom. The summed E-state index contributed by atoms with van der Waals surface area (Å²) < 4.78 is 4.11. The van der Waals surface area contributed by atoms with E-state index in [2.05, 4.69) is 4.74 Å². The zero-order valence-corrected chi connectivity index (χ0v) is 9.84. The fourth-order valence-electron chi connectivity index (χ4n) is 0. The van der Waals surface area contributed by atoms with Gasteiger partial charge in [0, 0.05) is 13.3 Å². The monoisotopic (exact) mass is 204 g/mol. The summed E-state index contributed by atoms with van der Waals surface area (Å²) in [7, 11) is 1.35. The molecule has 0 aromatic carbocycles. The van der Waals surface area contributed by atoms with E-state index in [1.807, 2.05) is 6.92 Å². The molecular weight excluding hydrogens is 184 g/mol. The highest BCUT2D eigenvalue weighted by Gasteiger charge is 1.77. The van der Waals surface area contributed by atoms with Crippen LogP contribution in [0.3, 0.4) is 0 Å². The van der Waals surface area contributed by atoms with Gasteiger partial charge in [-0.15, -0.1) is 0 Å². The Bertz CT molecular complexity index is 155. The van der Waals surface area contributed by atoms with Crippen molar-refractivity contribution in [1.29, 1.82) is 0 Å². The van der Waals surface area contributed by atoms with Gasteiger partial charge in [0.15, 0.2) is 0 Å². The minimum Gasteiger partial charge on any atom is -0.469 e. The maximum Gasteiger partial charge on any atom is 0.302 e. The first-order chi connectivity index (χ1) is 6.27. The van der Waals surface area contributed by atoms with Crippen LogP contribution in [0, 0.1) is 0 Å². The molecule has 0 aromatic heterocycles. The first-order valence-electron chi connectivity index (χ1n) is 4.29. The number of carbonyl (C=O) groups excluding carboxylic acids is 3. The van der Waals surface area contributed by atoms with Crippen molar-refractivity contribution >= 4 is 17.5 Å². The smallest absolute Gasteiger partial charge is 0.302 e. The molecule has 0 aliphatic heterocycles. The SMILES string of the molecule is CC(C)=O.CCC(C)=O.COC(C)=O. The quantitative estimate of drug-likeness (QED) is 0.610. The lowest BCUT2D eigenvalue weighted by molar-refractivity contribution is -0.138. The van der Waals surface area contributed by atoms with Crippen molar-refractivity contribution in [2.24, 2.45) is 0 Å². The van der Waals surface area contributed by atoms with Gasteiger partial charge in [-0.25, -0.2) is 0 Å². The van der Waals surface area contributed by atoms with Gasteiger partial charge >= 0.3 is 5.97 Å². The molecule has 4 nitrogen and oxygen atoms in total. The second-order valence-corrected chi connectivity index (χ2v) is 2.66. The number of hydrogen-bond acceptors (Lipinski definition) is 4. The Morgan fingerprint density at radius 3 is 1.14 bits per heavy atom. The van der Waals surface area contributed by atoms with Crippen molar-refractivity contribution in [3.05, 3.63) is 0 Å². The van der Waals surface area contributed by atoms with Gasteiger partial charge in [0.2, 0.25) is 0 Å². The predicted octanol–water partition coefficient (Wildman–Crippen LogP) is 1.76. The van der Waals surface area contributed by atoms with Gasteiger partial charge in [0.25, 0.3) is 0 Å². The number of esters is 1. The fraction of sp³-hybridized carbons (Fsp3) is 0.700. The summed E-state index contributed by atoms with van der Waals surface area (Å²) in [6.45, 7) is 7.85. The van der Waals surface area contributed by atoms with E-state index in [0.717, 1.165) is 0 Å². The molecule has 0 rings (SSSR count). The predicted molar refractivity (Wildman–Crippen MR) is 55.0 cm³/mol. The van der Waals surface area contributed by atoms with E-state index in [9.17, 15) is 14.4 Å². The molecule has 4 heteroatoms. The van der Waals surface area contributed by atoms with Crippen LogP contribution in [0.5, 0.6) is 0 Å². The highest BCUT2D eigenvalue weighted by Crippen LogP contribution is 1.71. The number of rotatable bonds is 1. The van der Waals surface area contributed by atoms with Crippen molar-refractivity contribution in [2.45, 2.75) is 41.0 Å². The molecule has 0 atom stereocenters. The zero-order valence-electron chi connectivity index (χ0n) is 9.84. The number of methoxy groups -OCH3 is 1. The molecular formula is C10H20O4. The lowest BCUT2D eigenvalue weighted by Gasteiger charge is -1.80. The molecule has 0 N–H and O–H groups in total. The molecule has 0 fully saturated rings. The Hall–Kier alpha value is -1.19. The standard InChI is InChI=1S/C4H8O.C3H6O2.C3H6O/c1-3-4(2)5;1-3(4)5-2;1-3(2)4/h3H2,1-2H3;1-2H3;1-2H3. The van der Waals surface area contributed by atoms with Crippen LogP contribution in [0.15, 0.2) is 0 Å². The minimum absolute atomic E-state index is 0.167. The molecule has 0 aliphatic carbocycles. The van der Waals surface area contributed by atoms with Crippen molar-refractivity contribution in [3.63, 3.8) is 0 Å². The number of Topliss-reactive ketones (excluding diaryl/α,β-unsaturated/α-hetero) is 2. The average molecular weight is 204 g/mol. The van der Waals surface area contributed by atoms with E-state index in [-0.39, 0.29) is 17.5 Å². The third-order valence-corrected chi connectivity index (χ3v) is 0.785.